The van der Waals surface area contributed by atoms with Crippen LogP contribution in [0.2, 0.25) is 0 Å². The molecule has 1 heterocycles. The Morgan fingerprint density at radius 2 is 2.24 bits per heavy atom. The molecule has 1 aromatic heterocycles. The van der Waals surface area contributed by atoms with Gasteiger partial charge in [0.15, 0.2) is 11.5 Å². The predicted octanol–water partition coefficient (Wildman–Crippen LogP) is 2.93. The largest absolute Gasteiger partial charge is 0.481 e. The zero-order valence-electron chi connectivity index (χ0n) is 9.77. The number of hydrogen-bond acceptors (Lipinski definition) is 3. The highest BCUT2D eigenvalue weighted by atomic mass is 16.4. The minimum atomic E-state index is -0.729. The Labute approximate surface area is 99.3 Å². The Hall–Kier alpha value is -1.84. The van der Waals surface area contributed by atoms with Gasteiger partial charge in [0, 0.05) is 13.3 Å². The van der Waals surface area contributed by atoms with Gasteiger partial charge in [0.05, 0.1) is 0 Å². The van der Waals surface area contributed by atoms with E-state index >= 15 is 0 Å². The normalized spacial score (nSPS) is 10.9. The van der Waals surface area contributed by atoms with Crippen LogP contribution in [0.1, 0.15) is 30.7 Å². The maximum absolute atomic E-state index is 10.4. The molecule has 0 aliphatic heterocycles. The first-order chi connectivity index (χ1) is 8.15. The second-order valence-corrected chi connectivity index (χ2v) is 4.14. The van der Waals surface area contributed by atoms with E-state index < -0.39 is 5.97 Å². The van der Waals surface area contributed by atoms with Crippen molar-refractivity contribution in [2.45, 2.75) is 32.6 Å². The Balaban J connectivity index is 1.96. The topological polar surface area (TPSA) is 63.3 Å². The van der Waals surface area contributed by atoms with Crippen molar-refractivity contribution < 1.29 is 14.3 Å². The summed E-state index contributed by atoms with van der Waals surface area (Å²) >= 11 is 0. The fourth-order valence-corrected chi connectivity index (χ4v) is 1.85. The molecular formula is C13H15NO3. The molecule has 0 atom stereocenters. The summed E-state index contributed by atoms with van der Waals surface area (Å²) < 4.78 is 5.39. The monoisotopic (exact) mass is 233 g/mol. The first-order valence-electron chi connectivity index (χ1n) is 5.73. The molecule has 0 bridgehead atoms. The molecule has 0 saturated heterocycles. The van der Waals surface area contributed by atoms with E-state index in [9.17, 15) is 4.79 Å². The molecule has 2 rings (SSSR count). The summed E-state index contributed by atoms with van der Waals surface area (Å²) in [5, 5.41) is 8.53. The summed E-state index contributed by atoms with van der Waals surface area (Å²) in [6, 6.07) is 5.93. The lowest BCUT2D eigenvalue weighted by Crippen LogP contribution is -1.94. The average molecular weight is 233 g/mol. The standard InChI is InChI=1S/C13H15NO3/c1-9-14-11-8-10(6-7-12(11)17-9)4-2-3-5-13(15)16/h6-8H,2-5H2,1H3,(H,15,16). The molecule has 0 fully saturated rings. The number of fused-ring (bicyclic) bond motifs is 1. The van der Waals surface area contributed by atoms with E-state index in [1.54, 1.807) is 0 Å². The van der Waals surface area contributed by atoms with E-state index in [2.05, 4.69) is 4.98 Å². The third-order valence-corrected chi connectivity index (χ3v) is 2.67. The van der Waals surface area contributed by atoms with Crippen molar-refractivity contribution in [3.05, 3.63) is 29.7 Å². The molecule has 1 aromatic carbocycles. The Bertz CT molecular complexity index is 530. The molecular weight excluding hydrogens is 218 g/mol. The summed E-state index contributed by atoms with van der Waals surface area (Å²) in [7, 11) is 0. The van der Waals surface area contributed by atoms with Gasteiger partial charge in [-0.05, 0) is 37.0 Å². The molecule has 0 radical (unpaired) electrons. The second-order valence-electron chi connectivity index (χ2n) is 4.14. The highest BCUT2D eigenvalue weighted by Crippen LogP contribution is 2.18. The number of aromatic nitrogens is 1. The van der Waals surface area contributed by atoms with Crippen molar-refractivity contribution in [2.24, 2.45) is 0 Å². The number of nitrogens with zero attached hydrogens (tertiary/aromatic N) is 1. The predicted molar refractivity (Wildman–Crippen MR) is 63.9 cm³/mol. The number of hydrogen-bond donors (Lipinski definition) is 1. The summed E-state index contributed by atoms with van der Waals surface area (Å²) in [6.07, 6.45) is 2.72. The van der Waals surface area contributed by atoms with Crippen molar-refractivity contribution in [2.75, 3.05) is 0 Å². The van der Waals surface area contributed by atoms with Crippen LogP contribution in [0.4, 0.5) is 0 Å². The maximum atomic E-state index is 10.4. The summed E-state index contributed by atoms with van der Waals surface area (Å²) in [5.41, 5.74) is 2.85. The molecule has 0 aliphatic carbocycles. The van der Waals surface area contributed by atoms with E-state index in [0.29, 0.717) is 12.3 Å². The third kappa shape index (κ3) is 3.06. The lowest BCUT2D eigenvalue weighted by atomic mass is 10.1. The number of aryl methyl sites for hydroxylation is 2. The molecule has 17 heavy (non-hydrogen) atoms. The van der Waals surface area contributed by atoms with Gasteiger partial charge in [-0.15, -0.1) is 0 Å². The minimum Gasteiger partial charge on any atom is -0.481 e. The van der Waals surface area contributed by atoms with E-state index in [1.165, 1.54) is 5.56 Å². The zero-order chi connectivity index (χ0) is 12.3. The lowest BCUT2D eigenvalue weighted by molar-refractivity contribution is -0.137. The fraction of sp³-hybridized carbons (Fsp3) is 0.385. The number of unbranched alkanes of at least 4 members (excludes halogenated alkanes) is 1. The smallest absolute Gasteiger partial charge is 0.303 e. The van der Waals surface area contributed by atoms with E-state index in [0.717, 1.165) is 23.9 Å². The van der Waals surface area contributed by atoms with Crippen LogP contribution in [-0.4, -0.2) is 16.1 Å². The van der Waals surface area contributed by atoms with Gasteiger partial charge in [-0.2, -0.15) is 0 Å². The van der Waals surface area contributed by atoms with Crippen LogP contribution in [-0.2, 0) is 11.2 Å². The molecule has 0 amide bonds. The number of carboxylic acid groups (broad SMARTS) is 1. The van der Waals surface area contributed by atoms with Gasteiger partial charge in [0.25, 0.3) is 0 Å². The number of aliphatic carboxylic acids is 1. The van der Waals surface area contributed by atoms with Crippen molar-refractivity contribution in [1.29, 1.82) is 0 Å². The van der Waals surface area contributed by atoms with Gasteiger partial charge in [0.1, 0.15) is 5.52 Å². The second kappa shape index (κ2) is 4.99. The van der Waals surface area contributed by atoms with Crippen LogP contribution in [0.5, 0.6) is 0 Å². The lowest BCUT2D eigenvalue weighted by Gasteiger charge is -1.99. The SMILES string of the molecule is Cc1nc2cc(CCCCC(=O)O)ccc2o1. The van der Waals surface area contributed by atoms with E-state index in [1.807, 2.05) is 25.1 Å². The number of oxazole rings is 1. The van der Waals surface area contributed by atoms with Gasteiger partial charge in [-0.1, -0.05) is 6.07 Å². The van der Waals surface area contributed by atoms with E-state index in [-0.39, 0.29) is 6.42 Å². The first kappa shape index (κ1) is 11.6. The molecule has 2 aromatic rings. The van der Waals surface area contributed by atoms with Crippen LogP contribution >= 0.6 is 0 Å². The number of rotatable bonds is 5. The maximum Gasteiger partial charge on any atom is 0.303 e. The van der Waals surface area contributed by atoms with Crippen molar-refractivity contribution in [3.63, 3.8) is 0 Å². The zero-order valence-corrected chi connectivity index (χ0v) is 9.77. The fourth-order valence-electron chi connectivity index (χ4n) is 1.85. The molecule has 4 nitrogen and oxygen atoms in total. The van der Waals surface area contributed by atoms with Gasteiger partial charge in [-0.25, -0.2) is 4.98 Å². The summed E-state index contributed by atoms with van der Waals surface area (Å²) in [6.45, 7) is 1.83. The highest BCUT2D eigenvalue weighted by molar-refractivity contribution is 5.73. The molecule has 4 heteroatoms. The Kier molecular flexibility index (Phi) is 3.42. The quantitative estimate of drug-likeness (QED) is 0.806. The molecule has 1 N–H and O–H groups in total. The van der Waals surface area contributed by atoms with E-state index in [4.69, 9.17) is 9.52 Å². The van der Waals surface area contributed by atoms with Crippen LogP contribution < -0.4 is 0 Å². The minimum absolute atomic E-state index is 0.241. The van der Waals surface area contributed by atoms with Crippen LogP contribution in [0, 0.1) is 6.92 Å². The Morgan fingerprint density at radius 1 is 1.41 bits per heavy atom. The molecule has 0 spiro atoms. The van der Waals surface area contributed by atoms with Crippen LogP contribution in [0.3, 0.4) is 0 Å². The van der Waals surface area contributed by atoms with Crippen LogP contribution in [0.15, 0.2) is 22.6 Å². The molecule has 0 saturated carbocycles. The van der Waals surface area contributed by atoms with Crippen molar-refractivity contribution in [1.82, 2.24) is 4.98 Å². The first-order valence-corrected chi connectivity index (χ1v) is 5.73. The molecule has 0 aliphatic rings. The van der Waals surface area contributed by atoms with Gasteiger partial charge in [0.2, 0.25) is 0 Å². The average Bonchev–Trinajstić information content (AvgIpc) is 2.63. The van der Waals surface area contributed by atoms with Gasteiger partial charge in [-0.3, -0.25) is 4.79 Å². The summed E-state index contributed by atoms with van der Waals surface area (Å²) in [4.78, 5) is 14.6. The molecule has 90 valence electrons. The number of benzene rings is 1. The van der Waals surface area contributed by atoms with Crippen LogP contribution in [0.25, 0.3) is 11.1 Å². The number of carboxylic acids is 1. The van der Waals surface area contributed by atoms with Crippen molar-refractivity contribution >= 4 is 17.1 Å². The van der Waals surface area contributed by atoms with Gasteiger partial charge < -0.3 is 9.52 Å². The molecule has 0 unspecified atom stereocenters. The summed E-state index contributed by atoms with van der Waals surface area (Å²) in [5.74, 6) is -0.0596. The number of carbonyl (C=O) groups is 1. The van der Waals surface area contributed by atoms with Gasteiger partial charge >= 0.3 is 5.97 Å². The van der Waals surface area contributed by atoms with Crippen molar-refractivity contribution in [3.8, 4) is 0 Å². The third-order valence-electron chi connectivity index (χ3n) is 2.67. The Morgan fingerprint density at radius 3 is 3.00 bits per heavy atom. The highest BCUT2D eigenvalue weighted by Gasteiger charge is 2.03.